The van der Waals surface area contributed by atoms with Gasteiger partial charge in [-0.3, -0.25) is 9.59 Å². The Morgan fingerprint density at radius 3 is 2.76 bits per heavy atom. The number of anilines is 1. The van der Waals surface area contributed by atoms with Gasteiger partial charge in [-0.05, 0) is 6.92 Å². The summed E-state index contributed by atoms with van der Waals surface area (Å²) in [6.45, 7) is 1.75. The number of ether oxygens (including phenoxy) is 1. The maximum atomic E-state index is 13.0. The highest BCUT2D eigenvalue weighted by Crippen LogP contribution is 2.36. The zero-order valence-corrected chi connectivity index (χ0v) is 21.0. The minimum absolute atomic E-state index is 0.0998. The number of carboxylic acids is 1. The van der Waals surface area contributed by atoms with Crippen molar-refractivity contribution in [3.05, 3.63) is 47.7 Å². The predicted octanol–water partition coefficient (Wildman–Crippen LogP) is -0.626. The molecule has 0 bridgehead atoms. The number of pyridine rings is 1. The number of amides is 2. The summed E-state index contributed by atoms with van der Waals surface area (Å²) in [6, 6.07) is 2.19. The topological polar surface area (TPSA) is 190 Å². The molecule has 1 unspecified atom stereocenters. The highest BCUT2D eigenvalue weighted by Gasteiger charge is 2.50. The molecular weight excluding hydrogens is 526 g/mol. The molecule has 4 N–H and O–H groups in total. The van der Waals surface area contributed by atoms with Crippen LogP contribution in [0.5, 0.6) is 0 Å². The quantitative estimate of drug-likeness (QED) is 0.113. The van der Waals surface area contributed by atoms with Crippen molar-refractivity contribution in [1.82, 2.24) is 19.6 Å². The highest BCUT2D eigenvalue weighted by atomic mass is 32.2. The highest BCUT2D eigenvalue weighted by molar-refractivity contribution is 8.00. The van der Waals surface area contributed by atoms with E-state index >= 15 is 0 Å². The van der Waals surface area contributed by atoms with E-state index in [0.717, 1.165) is 17.1 Å². The molecule has 0 aliphatic carbocycles. The van der Waals surface area contributed by atoms with E-state index in [1.54, 1.807) is 25.5 Å². The number of carbonyl (C=O) groups is 4. The van der Waals surface area contributed by atoms with Gasteiger partial charge in [-0.1, -0.05) is 5.16 Å². The summed E-state index contributed by atoms with van der Waals surface area (Å²) in [5.41, 5.74) is 6.42. The van der Waals surface area contributed by atoms with Crippen LogP contribution in [0.25, 0.3) is 0 Å². The van der Waals surface area contributed by atoms with Crippen molar-refractivity contribution >= 4 is 57.9 Å². The second-order valence-electron chi connectivity index (χ2n) is 7.72. The molecule has 37 heavy (non-hydrogen) atoms. The summed E-state index contributed by atoms with van der Waals surface area (Å²) in [4.78, 5) is 58.7. The van der Waals surface area contributed by atoms with Gasteiger partial charge in [0.05, 0.1) is 12.2 Å². The number of aromatic nitrogens is 3. The number of carbonyl (C=O) groups excluding carboxylic acids is 3. The van der Waals surface area contributed by atoms with Crippen molar-refractivity contribution in [2.45, 2.75) is 24.9 Å². The maximum absolute atomic E-state index is 13.0. The van der Waals surface area contributed by atoms with E-state index in [-0.39, 0.29) is 40.1 Å². The molecule has 16 heteroatoms. The molecule has 2 aliphatic rings. The van der Waals surface area contributed by atoms with Crippen LogP contribution < -0.4 is 15.6 Å². The molecule has 14 nitrogen and oxygen atoms in total. The zero-order chi connectivity index (χ0) is 26.5. The van der Waals surface area contributed by atoms with Crippen LogP contribution in [0, 0.1) is 0 Å². The Morgan fingerprint density at radius 2 is 2.11 bits per heavy atom. The van der Waals surface area contributed by atoms with Crippen molar-refractivity contribution in [2.24, 2.45) is 5.16 Å². The van der Waals surface area contributed by atoms with Gasteiger partial charge in [-0.25, -0.2) is 14.2 Å². The number of nitrogen functional groups attached to an aromatic ring is 1. The first-order chi connectivity index (χ1) is 17.8. The second-order valence-corrected chi connectivity index (χ2v) is 9.61. The number of aromatic carboxylic acids is 1. The van der Waals surface area contributed by atoms with Crippen LogP contribution in [0.3, 0.4) is 0 Å². The number of hydrogen-bond donors (Lipinski definition) is 3. The largest absolute Gasteiger partial charge is 0.478 e. The lowest BCUT2D eigenvalue weighted by Crippen LogP contribution is -2.69. The summed E-state index contributed by atoms with van der Waals surface area (Å²) < 4.78 is 10.5. The number of nitrogens with zero attached hydrogens (tertiary/aromatic N) is 5. The summed E-state index contributed by atoms with van der Waals surface area (Å²) in [7, 11) is 0. The first-order valence-corrected chi connectivity index (χ1v) is 12.7. The SMILES string of the molecule is CCOC(=O)CO/N=C(\C(=O)NC1C(=O)N2C=C(C[n+]3ccc(C(=O)O)cc3)CS[C@H]12)c1nsc(N)n1. The predicted molar refractivity (Wildman–Crippen MR) is 130 cm³/mol. The Balaban J connectivity index is 1.40. The number of thioether (sulfide) groups is 1. The Kier molecular flexibility index (Phi) is 7.98. The van der Waals surface area contributed by atoms with Crippen LogP contribution in [0.4, 0.5) is 5.13 Å². The van der Waals surface area contributed by atoms with Crippen LogP contribution in [0.15, 0.2) is 41.5 Å². The average Bonchev–Trinajstić information content (AvgIpc) is 3.31. The fraction of sp³-hybridized carbons (Fsp3) is 0.333. The van der Waals surface area contributed by atoms with Crippen LogP contribution in [0.1, 0.15) is 23.1 Å². The molecule has 2 aliphatic heterocycles. The van der Waals surface area contributed by atoms with Gasteiger partial charge < -0.3 is 30.6 Å². The number of oxime groups is 1. The molecule has 194 valence electrons. The lowest BCUT2D eigenvalue weighted by molar-refractivity contribution is -0.689. The van der Waals surface area contributed by atoms with Gasteiger partial charge in [0, 0.05) is 41.2 Å². The summed E-state index contributed by atoms with van der Waals surface area (Å²) in [6.07, 6.45) is 5.06. The van der Waals surface area contributed by atoms with E-state index in [9.17, 15) is 19.2 Å². The van der Waals surface area contributed by atoms with E-state index < -0.39 is 30.5 Å². The Bertz CT molecular complexity index is 1280. The number of rotatable bonds is 10. The van der Waals surface area contributed by atoms with E-state index in [0.29, 0.717) is 12.3 Å². The van der Waals surface area contributed by atoms with Crippen LogP contribution in [0.2, 0.25) is 0 Å². The fourth-order valence-corrected chi connectivity index (χ4v) is 5.15. The number of carboxylic acid groups (broad SMARTS) is 1. The van der Waals surface area contributed by atoms with Crippen molar-refractivity contribution in [3.8, 4) is 0 Å². The van der Waals surface area contributed by atoms with E-state index in [2.05, 4.69) is 19.8 Å². The minimum atomic E-state index is -1.01. The van der Waals surface area contributed by atoms with Gasteiger partial charge in [0.25, 0.3) is 11.8 Å². The number of hydrogen-bond acceptors (Lipinski definition) is 12. The molecular formula is C21H22N7O7S2+. The van der Waals surface area contributed by atoms with Gasteiger partial charge in [0.15, 0.2) is 24.1 Å². The lowest BCUT2D eigenvalue weighted by Gasteiger charge is -2.47. The molecule has 1 fully saturated rings. The van der Waals surface area contributed by atoms with E-state index in [1.165, 1.54) is 28.8 Å². The van der Waals surface area contributed by atoms with Crippen molar-refractivity contribution < 1.29 is 38.4 Å². The first-order valence-electron chi connectivity index (χ1n) is 10.9. The molecule has 2 atom stereocenters. The van der Waals surface area contributed by atoms with Crippen molar-refractivity contribution in [3.63, 3.8) is 0 Å². The first kappa shape index (κ1) is 26.0. The summed E-state index contributed by atoms with van der Waals surface area (Å²) >= 11 is 2.32. The van der Waals surface area contributed by atoms with Crippen molar-refractivity contribution in [2.75, 3.05) is 24.7 Å². The minimum Gasteiger partial charge on any atom is -0.478 e. The number of esters is 1. The molecule has 0 saturated carbocycles. The molecule has 2 amide bonds. The van der Waals surface area contributed by atoms with Gasteiger partial charge >= 0.3 is 11.9 Å². The van der Waals surface area contributed by atoms with E-state index in [1.807, 2.05) is 4.57 Å². The molecule has 0 radical (unpaired) electrons. The number of nitrogens with one attached hydrogen (secondary N) is 1. The molecule has 2 aromatic heterocycles. The molecule has 1 saturated heterocycles. The maximum Gasteiger partial charge on any atom is 0.347 e. The average molecular weight is 549 g/mol. The standard InChI is InChI=1S/C21H21N7O7S2/c1-2-34-13(29)9-35-25-14(16-24-21(22)37-26-16)17(30)23-15-18(31)28-8-11(10-36-19(15)28)7-27-5-3-12(4-6-27)20(32)33/h3-6,8,15,19H,2,7,9-10H2,1H3,(H3-,22,23,24,26,30,32,33)/p+1/b25-14-/t15?,19-/m1/s1. The molecule has 4 heterocycles. The number of β-lactam (4-membered cyclic amide) rings is 1. The molecule has 0 spiro atoms. The third kappa shape index (κ3) is 6.03. The number of nitrogens with two attached hydrogens (primary N) is 1. The molecule has 0 aromatic carbocycles. The normalized spacial score (nSPS) is 18.8. The van der Waals surface area contributed by atoms with E-state index in [4.69, 9.17) is 20.4 Å². The molecule has 2 aromatic rings. The van der Waals surface area contributed by atoms with Gasteiger partial charge in [-0.2, -0.15) is 9.36 Å². The van der Waals surface area contributed by atoms with Gasteiger partial charge in [0.1, 0.15) is 11.4 Å². The van der Waals surface area contributed by atoms with Crippen molar-refractivity contribution in [1.29, 1.82) is 0 Å². The van der Waals surface area contributed by atoms with Crippen LogP contribution in [-0.2, 0) is 30.5 Å². The van der Waals surface area contributed by atoms with Gasteiger partial charge in [-0.15, -0.1) is 11.8 Å². The smallest absolute Gasteiger partial charge is 0.347 e. The summed E-state index contributed by atoms with van der Waals surface area (Å²) in [5.74, 6) is -2.25. The van der Waals surface area contributed by atoms with Crippen LogP contribution >= 0.6 is 23.3 Å². The Labute approximate surface area is 218 Å². The van der Waals surface area contributed by atoms with Gasteiger partial charge in [0.2, 0.25) is 18.1 Å². The van der Waals surface area contributed by atoms with Crippen LogP contribution in [-0.4, -0.2) is 79.2 Å². The monoisotopic (exact) mass is 548 g/mol. The third-order valence-corrected chi connectivity index (χ3v) is 7.08. The number of fused-ring (bicyclic) bond motifs is 1. The Morgan fingerprint density at radius 1 is 1.35 bits per heavy atom. The summed E-state index contributed by atoms with van der Waals surface area (Å²) in [5, 5.41) is 15.1. The third-order valence-electron chi connectivity index (χ3n) is 5.16. The second kappa shape index (κ2) is 11.3. The lowest BCUT2D eigenvalue weighted by atomic mass is 10.1. The Hall–Kier alpha value is -4.05. The molecule has 4 rings (SSSR count). The fourth-order valence-electron chi connectivity index (χ4n) is 3.46. The zero-order valence-electron chi connectivity index (χ0n) is 19.4.